The molecular weight excluding hydrogens is 309 g/mol. The fraction of sp³-hybridized carbons (Fsp3) is 0.412. The predicted octanol–water partition coefficient (Wildman–Crippen LogP) is 1.93. The van der Waals surface area contributed by atoms with Gasteiger partial charge in [0.05, 0.1) is 23.6 Å². The number of nitrogens with zero attached hydrogens (tertiary/aromatic N) is 3. The van der Waals surface area contributed by atoms with Gasteiger partial charge in [0.2, 0.25) is 5.91 Å². The van der Waals surface area contributed by atoms with E-state index in [1.54, 1.807) is 12.1 Å². The van der Waals surface area contributed by atoms with Crippen molar-refractivity contribution < 1.29 is 9.18 Å². The van der Waals surface area contributed by atoms with Gasteiger partial charge in [0.15, 0.2) is 0 Å². The minimum Gasteiger partial charge on any atom is -0.366 e. The monoisotopic (exact) mass is 331 g/mol. The average molecular weight is 331 g/mol. The maximum Gasteiger partial charge on any atom is 0.238 e. The van der Waals surface area contributed by atoms with E-state index in [0.29, 0.717) is 12.2 Å². The number of benzene rings is 1. The van der Waals surface area contributed by atoms with Gasteiger partial charge in [-0.15, -0.1) is 0 Å². The summed E-state index contributed by atoms with van der Waals surface area (Å²) in [6, 6.07) is 5.94. The lowest BCUT2D eigenvalue weighted by Crippen LogP contribution is -2.49. The van der Waals surface area contributed by atoms with Crippen LogP contribution in [-0.2, 0) is 4.79 Å². The van der Waals surface area contributed by atoms with Crippen molar-refractivity contribution in [1.82, 2.24) is 15.1 Å². The van der Waals surface area contributed by atoms with Crippen LogP contribution in [0.25, 0.3) is 0 Å². The molecule has 3 rings (SSSR count). The first-order valence-corrected chi connectivity index (χ1v) is 8.07. The molecule has 0 saturated carbocycles. The summed E-state index contributed by atoms with van der Waals surface area (Å²) in [4.78, 5) is 16.5. The van der Waals surface area contributed by atoms with Gasteiger partial charge in [0.25, 0.3) is 0 Å². The SMILES string of the molecule is Cc1n[nH]c(C)c1N1CCN(CC(=O)Nc2cccc(F)c2)CC1. The molecule has 0 unspecified atom stereocenters. The lowest BCUT2D eigenvalue weighted by atomic mass is 10.2. The molecule has 1 saturated heterocycles. The standard InChI is InChI=1S/C17H22FN5O/c1-12-17(13(2)21-20-12)23-8-6-22(7-9-23)11-16(24)19-15-5-3-4-14(18)10-15/h3-5,10H,6-9,11H2,1-2H3,(H,19,24)(H,20,21). The van der Waals surface area contributed by atoms with E-state index in [4.69, 9.17) is 0 Å². The molecule has 0 radical (unpaired) electrons. The van der Waals surface area contributed by atoms with E-state index in [1.165, 1.54) is 17.8 Å². The van der Waals surface area contributed by atoms with Gasteiger partial charge in [-0.2, -0.15) is 5.10 Å². The number of aromatic nitrogens is 2. The number of H-pyrrole nitrogens is 1. The summed E-state index contributed by atoms with van der Waals surface area (Å²) in [6.45, 7) is 7.66. The first kappa shape index (κ1) is 16.4. The average Bonchev–Trinajstić information content (AvgIpc) is 2.87. The Morgan fingerprint density at radius 3 is 2.67 bits per heavy atom. The third-order valence-corrected chi connectivity index (χ3v) is 4.25. The van der Waals surface area contributed by atoms with Crippen LogP contribution in [0.1, 0.15) is 11.4 Å². The van der Waals surface area contributed by atoms with E-state index in [1.807, 2.05) is 13.8 Å². The van der Waals surface area contributed by atoms with Crippen LogP contribution in [0, 0.1) is 19.7 Å². The van der Waals surface area contributed by atoms with Gasteiger partial charge in [-0.25, -0.2) is 4.39 Å². The molecule has 1 aromatic carbocycles. The maximum absolute atomic E-state index is 13.1. The van der Waals surface area contributed by atoms with E-state index in [0.717, 1.165) is 37.6 Å². The lowest BCUT2D eigenvalue weighted by molar-refractivity contribution is -0.117. The summed E-state index contributed by atoms with van der Waals surface area (Å²) >= 11 is 0. The molecule has 2 aromatic rings. The van der Waals surface area contributed by atoms with Crippen molar-refractivity contribution in [3.8, 4) is 0 Å². The van der Waals surface area contributed by atoms with Crippen LogP contribution in [-0.4, -0.2) is 53.7 Å². The number of halogens is 1. The third-order valence-electron chi connectivity index (χ3n) is 4.25. The molecule has 7 heteroatoms. The first-order valence-electron chi connectivity index (χ1n) is 8.07. The summed E-state index contributed by atoms with van der Waals surface area (Å²) in [5, 5.41) is 9.98. The minimum absolute atomic E-state index is 0.121. The van der Waals surface area contributed by atoms with Crippen molar-refractivity contribution in [3.05, 3.63) is 41.5 Å². The second-order valence-electron chi connectivity index (χ2n) is 6.10. The maximum atomic E-state index is 13.1. The van der Waals surface area contributed by atoms with Crippen molar-refractivity contribution in [3.63, 3.8) is 0 Å². The summed E-state index contributed by atoms with van der Waals surface area (Å²) in [7, 11) is 0. The Morgan fingerprint density at radius 1 is 1.29 bits per heavy atom. The minimum atomic E-state index is -0.354. The molecule has 0 bridgehead atoms. The van der Waals surface area contributed by atoms with E-state index >= 15 is 0 Å². The number of rotatable bonds is 4. The molecule has 1 aliphatic heterocycles. The third kappa shape index (κ3) is 3.73. The molecule has 128 valence electrons. The second kappa shape index (κ2) is 7.00. The van der Waals surface area contributed by atoms with Gasteiger partial charge in [-0.3, -0.25) is 14.8 Å². The van der Waals surface area contributed by atoms with Crippen LogP contribution in [0.4, 0.5) is 15.8 Å². The van der Waals surface area contributed by atoms with Gasteiger partial charge in [-0.05, 0) is 32.0 Å². The summed E-state index contributed by atoms with van der Waals surface area (Å²) in [5.74, 6) is -0.475. The van der Waals surface area contributed by atoms with Gasteiger partial charge in [0.1, 0.15) is 5.82 Å². The van der Waals surface area contributed by atoms with Crippen molar-refractivity contribution >= 4 is 17.3 Å². The largest absolute Gasteiger partial charge is 0.366 e. The number of nitrogens with one attached hydrogen (secondary N) is 2. The van der Waals surface area contributed by atoms with Crippen LogP contribution in [0.5, 0.6) is 0 Å². The Labute approximate surface area is 140 Å². The molecule has 6 nitrogen and oxygen atoms in total. The van der Waals surface area contributed by atoms with E-state index in [9.17, 15) is 9.18 Å². The molecular formula is C17H22FN5O. The number of piperazine rings is 1. The van der Waals surface area contributed by atoms with Gasteiger partial charge < -0.3 is 10.2 Å². The van der Waals surface area contributed by atoms with Crippen molar-refractivity contribution in [2.24, 2.45) is 0 Å². The molecule has 1 aromatic heterocycles. The fourth-order valence-electron chi connectivity index (χ4n) is 3.11. The molecule has 1 fully saturated rings. The molecule has 2 N–H and O–H groups in total. The number of carbonyl (C=O) groups excluding carboxylic acids is 1. The zero-order chi connectivity index (χ0) is 17.1. The van der Waals surface area contributed by atoms with Crippen molar-refractivity contribution in [1.29, 1.82) is 0 Å². The lowest BCUT2D eigenvalue weighted by Gasteiger charge is -2.35. The molecule has 1 aliphatic rings. The summed E-state index contributed by atoms with van der Waals surface area (Å²) in [6.07, 6.45) is 0. The van der Waals surface area contributed by atoms with Gasteiger partial charge in [-0.1, -0.05) is 6.07 Å². The van der Waals surface area contributed by atoms with Crippen molar-refractivity contribution in [2.45, 2.75) is 13.8 Å². The van der Waals surface area contributed by atoms with Crippen LogP contribution < -0.4 is 10.2 Å². The number of amides is 1. The Hall–Kier alpha value is -2.41. The van der Waals surface area contributed by atoms with E-state index in [2.05, 4.69) is 25.3 Å². The Kier molecular flexibility index (Phi) is 4.80. The van der Waals surface area contributed by atoms with E-state index in [-0.39, 0.29) is 11.7 Å². The summed E-state index contributed by atoms with van der Waals surface area (Å²) < 4.78 is 13.1. The Morgan fingerprint density at radius 2 is 2.04 bits per heavy atom. The second-order valence-corrected chi connectivity index (χ2v) is 6.10. The zero-order valence-corrected chi connectivity index (χ0v) is 14.0. The smallest absolute Gasteiger partial charge is 0.238 e. The number of hydrogen-bond donors (Lipinski definition) is 2. The van der Waals surface area contributed by atoms with Gasteiger partial charge in [0, 0.05) is 31.9 Å². The number of anilines is 2. The molecule has 0 aliphatic carbocycles. The Balaban J connectivity index is 1.51. The van der Waals surface area contributed by atoms with Crippen LogP contribution >= 0.6 is 0 Å². The number of hydrogen-bond acceptors (Lipinski definition) is 4. The topological polar surface area (TPSA) is 64.3 Å². The van der Waals surface area contributed by atoms with Crippen LogP contribution in [0.2, 0.25) is 0 Å². The highest BCUT2D eigenvalue weighted by molar-refractivity contribution is 5.92. The number of aromatic amines is 1. The van der Waals surface area contributed by atoms with Crippen LogP contribution in [0.15, 0.2) is 24.3 Å². The number of aryl methyl sites for hydroxylation is 2. The highest BCUT2D eigenvalue weighted by Crippen LogP contribution is 2.23. The zero-order valence-electron chi connectivity index (χ0n) is 14.0. The molecule has 1 amide bonds. The first-order chi connectivity index (χ1) is 11.5. The Bertz CT molecular complexity index is 702. The highest BCUT2D eigenvalue weighted by Gasteiger charge is 2.22. The highest BCUT2D eigenvalue weighted by atomic mass is 19.1. The van der Waals surface area contributed by atoms with Crippen LogP contribution in [0.3, 0.4) is 0 Å². The van der Waals surface area contributed by atoms with Crippen molar-refractivity contribution in [2.75, 3.05) is 42.9 Å². The summed E-state index contributed by atoms with van der Waals surface area (Å²) in [5.41, 5.74) is 3.73. The normalized spacial score (nSPS) is 15.5. The molecule has 0 atom stereocenters. The molecule has 0 spiro atoms. The molecule has 2 heterocycles. The molecule has 24 heavy (non-hydrogen) atoms. The number of carbonyl (C=O) groups is 1. The fourth-order valence-corrected chi connectivity index (χ4v) is 3.11. The quantitative estimate of drug-likeness (QED) is 0.898. The van der Waals surface area contributed by atoms with E-state index < -0.39 is 0 Å². The predicted molar refractivity (Wildman–Crippen MR) is 91.7 cm³/mol. The van der Waals surface area contributed by atoms with Gasteiger partial charge >= 0.3 is 0 Å².